The minimum atomic E-state index is 0.261. The van der Waals surface area contributed by atoms with Crippen LogP contribution >= 0.6 is 0 Å². The topological polar surface area (TPSA) is 30.5 Å². The molecular weight excluding hydrogens is 250 g/mol. The molecule has 0 fully saturated rings. The fourth-order valence-corrected chi connectivity index (χ4v) is 2.10. The first-order chi connectivity index (χ1) is 9.65. The van der Waals surface area contributed by atoms with Crippen molar-refractivity contribution in [1.82, 2.24) is 5.32 Å². The van der Waals surface area contributed by atoms with Gasteiger partial charge in [-0.15, -0.1) is 0 Å². The van der Waals surface area contributed by atoms with Gasteiger partial charge in [-0.3, -0.25) is 0 Å². The molecule has 112 valence electrons. The first-order valence-electron chi connectivity index (χ1n) is 7.39. The Morgan fingerprint density at radius 1 is 1.15 bits per heavy atom. The van der Waals surface area contributed by atoms with Gasteiger partial charge in [-0.05, 0) is 51.4 Å². The molecule has 0 aliphatic heterocycles. The lowest BCUT2D eigenvalue weighted by Gasteiger charge is -2.20. The van der Waals surface area contributed by atoms with Gasteiger partial charge in [0.2, 0.25) is 0 Å². The normalized spacial score (nSPS) is 12.0. The monoisotopic (exact) mass is 277 g/mol. The Morgan fingerprint density at radius 3 is 2.35 bits per heavy atom. The Bertz CT molecular complexity index is 429. The first kappa shape index (κ1) is 16.6. The second-order valence-corrected chi connectivity index (χ2v) is 4.72. The minimum absolute atomic E-state index is 0.261. The number of ether oxygens (including phenoxy) is 2. The number of hydrogen-bond donors (Lipinski definition) is 1. The van der Waals surface area contributed by atoms with E-state index in [2.05, 4.69) is 31.0 Å². The van der Waals surface area contributed by atoms with Crippen LogP contribution in [-0.2, 0) is 0 Å². The molecule has 0 aliphatic rings. The highest BCUT2D eigenvalue weighted by Gasteiger charge is 2.14. The lowest BCUT2D eigenvalue weighted by molar-refractivity contribution is 0.287. The summed E-state index contributed by atoms with van der Waals surface area (Å²) >= 11 is 0. The predicted octanol–water partition coefficient (Wildman–Crippen LogP) is 4.10. The summed E-state index contributed by atoms with van der Waals surface area (Å²) < 4.78 is 11.3. The third kappa shape index (κ3) is 4.57. The maximum atomic E-state index is 5.68. The van der Waals surface area contributed by atoms with Crippen molar-refractivity contribution in [2.75, 3.05) is 20.3 Å². The molecule has 1 aromatic rings. The van der Waals surface area contributed by atoms with Crippen LogP contribution in [0.1, 0.15) is 45.2 Å². The molecule has 0 amide bonds. The molecule has 0 radical (unpaired) electrons. The van der Waals surface area contributed by atoms with Crippen LogP contribution < -0.4 is 14.8 Å². The molecule has 0 spiro atoms. The molecule has 0 aromatic heterocycles. The van der Waals surface area contributed by atoms with Gasteiger partial charge in [-0.25, -0.2) is 0 Å². The fraction of sp³-hybridized carbons (Fsp3) is 0.529. The van der Waals surface area contributed by atoms with E-state index < -0.39 is 0 Å². The average Bonchev–Trinajstić information content (AvgIpc) is 2.46. The lowest BCUT2D eigenvalue weighted by atomic mass is 9.98. The van der Waals surface area contributed by atoms with Gasteiger partial charge in [-0.1, -0.05) is 25.1 Å². The van der Waals surface area contributed by atoms with E-state index in [9.17, 15) is 0 Å². The third-order valence-electron chi connectivity index (χ3n) is 3.31. The summed E-state index contributed by atoms with van der Waals surface area (Å²) in [5.41, 5.74) is 2.45. The van der Waals surface area contributed by atoms with Crippen molar-refractivity contribution >= 4 is 0 Å². The molecule has 0 saturated carbocycles. The van der Waals surface area contributed by atoms with Crippen LogP contribution in [-0.4, -0.2) is 20.3 Å². The van der Waals surface area contributed by atoms with Gasteiger partial charge in [0.05, 0.1) is 13.2 Å². The Balaban J connectivity index is 2.98. The van der Waals surface area contributed by atoms with E-state index in [0.29, 0.717) is 13.2 Å². The molecule has 1 unspecified atom stereocenters. The van der Waals surface area contributed by atoms with E-state index in [1.54, 1.807) is 0 Å². The predicted molar refractivity (Wildman–Crippen MR) is 84.6 cm³/mol. The van der Waals surface area contributed by atoms with Gasteiger partial charge < -0.3 is 14.8 Å². The molecule has 1 N–H and O–H groups in total. The summed E-state index contributed by atoms with van der Waals surface area (Å²) in [4.78, 5) is 0. The molecule has 3 nitrogen and oxygen atoms in total. The van der Waals surface area contributed by atoms with Gasteiger partial charge in [0.1, 0.15) is 0 Å². The number of nitrogens with one attached hydrogen (secondary N) is 1. The highest BCUT2D eigenvalue weighted by molar-refractivity contribution is 5.44. The smallest absolute Gasteiger partial charge is 0.161 e. The molecule has 3 heteroatoms. The maximum Gasteiger partial charge on any atom is 0.161 e. The Morgan fingerprint density at radius 2 is 1.80 bits per heavy atom. The second kappa shape index (κ2) is 8.64. The zero-order chi connectivity index (χ0) is 15.0. The van der Waals surface area contributed by atoms with Gasteiger partial charge in [0, 0.05) is 6.04 Å². The van der Waals surface area contributed by atoms with Crippen molar-refractivity contribution in [1.29, 1.82) is 0 Å². The van der Waals surface area contributed by atoms with Crippen LogP contribution in [0.25, 0.3) is 0 Å². The van der Waals surface area contributed by atoms with Gasteiger partial charge in [-0.2, -0.15) is 0 Å². The summed E-state index contributed by atoms with van der Waals surface area (Å²) in [6, 6.07) is 6.41. The molecule has 0 heterocycles. The Kier molecular flexibility index (Phi) is 7.16. The van der Waals surface area contributed by atoms with Crippen molar-refractivity contribution in [2.45, 2.75) is 39.7 Å². The average molecular weight is 277 g/mol. The summed E-state index contributed by atoms with van der Waals surface area (Å²) in [6.07, 6.45) is 1.94. The zero-order valence-electron chi connectivity index (χ0n) is 13.2. The van der Waals surface area contributed by atoms with Crippen molar-refractivity contribution < 1.29 is 9.47 Å². The first-order valence-corrected chi connectivity index (χ1v) is 7.39. The zero-order valence-corrected chi connectivity index (χ0v) is 13.2. The van der Waals surface area contributed by atoms with E-state index in [0.717, 1.165) is 24.3 Å². The summed E-state index contributed by atoms with van der Waals surface area (Å²) in [5.74, 6) is 1.62. The largest absolute Gasteiger partial charge is 0.490 e. The van der Waals surface area contributed by atoms with E-state index in [4.69, 9.17) is 9.47 Å². The lowest BCUT2D eigenvalue weighted by Crippen LogP contribution is -2.17. The van der Waals surface area contributed by atoms with Crippen molar-refractivity contribution in [2.24, 2.45) is 0 Å². The number of rotatable bonds is 9. The van der Waals surface area contributed by atoms with Gasteiger partial charge in [0.15, 0.2) is 11.5 Å². The van der Waals surface area contributed by atoms with Crippen LogP contribution in [0.3, 0.4) is 0 Å². The van der Waals surface area contributed by atoms with Crippen LogP contribution in [0.15, 0.2) is 30.4 Å². The van der Waals surface area contributed by atoms with Crippen molar-refractivity contribution in [3.05, 3.63) is 35.9 Å². The van der Waals surface area contributed by atoms with Gasteiger partial charge >= 0.3 is 0 Å². The van der Waals surface area contributed by atoms with Crippen LogP contribution in [0.5, 0.6) is 11.5 Å². The molecular formula is C17H27NO2. The highest BCUT2D eigenvalue weighted by atomic mass is 16.5. The molecule has 1 atom stereocenters. The van der Waals surface area contributed by atoms with Crippen molar-refractivity contribution in [3.8, 4) is 11.5 Å². The Hall–Kier alpha value is -1.48. The molecule has 0 saturated heterocycles. The molecule has 1 aromatic carbocycles. The van der Waals surface area contributed by atoms with Crippen LogP contribution in [0.2, 0.25) is 0 Å². The van der Waals surface area contributed by atoms with E-state index in [1.165, 1.54) is 11.1 Å². The van der Waals surface area contributed by atoms with E-state index in [-0.39, 0.29) is 6.04 Å². The molecule has 0 bridgehead atoms. The quantitative estimate of drug-likeness (QED) is 0.689. The van der Waals surface area contributed by atoms with E-state index >= 15 is 0 Å². The van der Waals surface area contributed by atoms with E-state index in [1.807, 2.05) is 27.0 Å². The van der Waals surface area contributed by atoms with Crippen LogP contribution in [0.4, 0.5) is 0 Å². The Labute approximate surface area is 123 Å². The molecule has 0 aliphatic carbocycles. The summed E-state index contributed by atoms with van der Waals surface area (Å²) in [7, 11) is 1.98. The summed E-state index contributed by atoms with van der Waals surface area (Å²) in [5, 5.41) is 3.35. The van der Waals surface area contributed by atoms with Crippen LogP contribution in [0, 0.1) is 0 Å². The highest BCUT2D eigenvalue weighted by Crippen LogP contribution is 2.32. The maximum absolute atomic E-state index is 5.68. The minimum Gasteiger partial charge on any atom is -0.490 e. The SMILES string of the molecule is C=C(CC)CC(NC)c1ccc(OCC)c(OCC)c1. The summed E-state index contributed by atoms with van der Waals surface area (Å²) in [6.45, 7) is 11.5. The fourth-order valence-electron chi connectivity index (χ4n) is 2.10. The third-order valence-corrected chi connectivity index (χ3v) is 3.31. The molecule has 1 rings (SSSR count). The standard InChI is InChI=1S/C17H27NO2/c1-6-13(4)11-15(18-5)14-9-10-16(19-7-2)17(12-14)20-8-3/h9-10,12,15,18H,4,6-8,11H2,1-3,5H3. The second-order valence-electron chi connectivity index (χ2n) is 4.72. The van der Waals surface area contributed by atoms with Crippen molar-refractivity contribution in [3.63, 3.8) is 0 Å². The number of hydrogen-bond acceptors (Lipinski definition) is 3. The molecule has 20 heavy (non-hydrogen) atoms. The number of benzene rings is 1. The van der Waals surface area contributed by atoms with Gasteiger partial charge in [0.25, 0.3) is 0 Å².